The van der Waals surface area contributed by atoms with E-state index in [0.717, 1.165) is 28.0 Å². The van der Waals surface area contributed by atoms with Crippen LogP contribution in [-0.2, 0) is 6.61 Å². The molecule has 5 nitrogen and oxygen atoms in total. The molecule has 0 atom stereocenters. The number of aromatic nitrogens is 4. The first kappa shape index (κ1) is 16.7. The van der Waals surface area contributed by atoms with Crippen LogP contribution in [-0.4, -0.2) is 20.6 Å². The molecule has 0 saturated heterocycles. The molecule has 0 amide bonds. The topological polar surface area (TPSA) is 63.7 Å². The van der Waals surface area contributed by atoms with Gasteiger partial charge in [-0.3, -0.25) is 0 Å². The van der Waals surface area contributed by atoms with Crippen LogP contribution in [0.1, 0.15) is 16.7 Å². The van der Waals surface area contributed by atoms with Crippen molar-refractivity contribution in [1.82, 2.24) is 20.6 Å². The van der Waals surface area contributed by atoms with Gasteiger partial charge in [0.05, 0.1) is 0 Å². The highest BCUT2D eigenvalue weighted by atomic mass is 16.5. The predicted octanol–water partition coefficient (Wildman–Crippen LogP) is 4.62. The molecule has 1 aromatic heterocycles. The van der Waals surface area contributed by atoms with Gasteiger partial charge in [0.1, 0.15) is 12.4 Å². The monoisotopic (exact) mass is 354 g/mol. The number of H-pyrrole nitrogens is 1. The molecular weight excluding hydrogens is 336 g/mol. The molecule has 0 aliphatic rings. The summed E-state index contributed by atoms with van der Waals surface area (Å²) in [5.74, 6) is 1.45. The predicted molar refractivity (Wildman–Crippen MR) is 106 cm³/mol. The Morgan fingerprint density at radius 1 is 0.815 bits per heavy atom. The van der Waals surface area contributed by atoms with E-state index < -0.39 is 0 Å². The standard InChI is InChI=1S/C22H18N4O/c1-2-6-18(7-3-1)16-27-21-9-5-4-8-19(21)13-10-17-11-14-20(15-12-17)22-23-25-26-24-22/h1-15H,16H2,(H,23,24,25,26)/b13-10+. The van der Waals surface area contributed by atoms with Crippen LogP contribution < -0.4 is 4.74 Å². The van der Waals surface area contributed by atoms with E-state index in [-0.39, 0.29) is 0 Å². The molecule has 4 aromatic rings. The van der Waals surface area contributed by atoms with E-state index in [2.05, 4.69) is 44.9 Å². The third kappa shape index (κ3) is 4.27. The van der Waals surface area contributed by atoms with Gasteiger partial charge in [0, 0.05) is 11.1 Å². The summed E-state index contributed by atoms with van der Waals surface area (Å²) in [6.45, 7) is 0.547. The lowest BCUT2D eigenvalue weighted by atomic mass is 10.1. The lowest BCUT2D eigenvalue weighted by molar-refractivity contribution is 0.305. The van der Waals surface area contributed by atoms with Gasteiger partial charge in [-0.2, -0.15) is 5.21 Å². The normalized spacial score (nSPS) is 11.0. The molecule has 0 unspecified atom stereocenters. The zero-order chi connectivity index (χ0) is 18.3. The highest BCUT2D eigenvalue weighted by Crippen LogP contribution is 2.22. The van der Waals surface area contributed by atoms with Crippen molar-refractivity contribution in [3.63, 3.8) is 0 Å². The SMILES string of the molecule is C(=C\c1ccccc1OCc1ccccc1)/c1ccc(-c2nn[nH]n2)cc1. The minimum absolute atomic E-state index is 0.547. The molecule has 0 saturated carbocycles. The van der Waals surface area contributed by atoms with Gasteiger partial charge in [-0.05, 0) is 22.4 Å². The molecule has 3 aromatic carbocycles. The van der Waals surface area contributed by atoms with E-state index in [0.29, 0.717) is 12.4 Å². The molecular formula is C22H18N4O. The summed E-state index contributed by atoms with van der Waals surface area (Å²) in [7, 11) is 0. The summed E-state index contributed by atoms with van der Waals surface area (Å²) >= 11 is 0. The van der Waals surface area contributed by atoms with Gasteiger partial charge in [0.2, 0.25) is 5.82 Å². The minimum atomic E-state index is 0.547. The molecule has 0 aliphatic heterocycles. The number of nitrogens with one attached hydrogen (secondary N) is 1. The Morgan fingerprint density at radius 2 is 1.59 bits per heavy atom. The van der Waals surface area contributed by atoms with E-state index in [4.69, 9.17) is 4.74 Å². The third-order valence-electron chi connectivity index (χ3n) is 4.13. The minimum Gasteiger partial charge on any atom is -0.488 e. The first-order valence-electron chi connectivity index (χ1n) is 8.66. The second-order valence-corrected chi connectivity index (χ2v) is 6.00. The van der Waals surface area contributed by atoms with Crippen LogP contribution in [0.3, 0.4) is 0 Å². The lowest BCUT2D eigenvalue weighted by Gasteiger charge is -2.09. The molecule has 0 bridgehead atoms. The third-order valence-corrected chi connectivity index (χ3v) is 4.13. The molecule has 0 radical (unpaired) electrons. The maximum absolute atomic E-state index is 6.00. The number of tetrazole rings is 1. The number of rotatable bonds is 6. The second kappa shape index (κ2) is 8.10. The van der Waals surface area contributed by atoms with Crippen LogP contribution in [0, 0.1) is 0 Å². The molecule has 5 heteroatoms. The number of nitrogens with zero attached hydrogens (tertiary/aromatic N) is 3. The Morgan fingerprint density at radius 3 is 2.37 bits per heavy atom. The van der Waals surface area contributed by atoms with E-state index in [9.17, 15) is 0 Å². The van der Waals surface area contributed by atoms with Crippen molar-refractivity contribution >= 4 is 12.2 Å². The van der Waals surface area contributed by atoms with Crippen LogP contribution >= 0.6 is 0 Å². The lowest BCUT2D eigenvalue weighted by Crippen LogP contribution is -1.96. The van der Waals surface area contributed by atoms with Crippen LogP contribution in [0.25, 0.3) is 23.5 Å². The quantitative estimate of drug-likeness (QED) is 0.513. The van der Waals surface area contributed by atoms with Crippen molar-refractivity contribution in [2.45, 2.75) is 6.61 Å². The number of aromatic amines is 1. The van der Waals surface area contributed by atoms with Gasteiger partial charge in [0.25, 0.3) is 0 Å². The van der Waals surface area contributed by atoms with Crippen molar-refractivity contribution in [3.05, 3.63) is 95.6 Å². The van der Waals surface area contributed by atoms with E-state index in [1.165, 1.54) is 0 Å². The molecule has 0 spiro atoms. The van der Waals surface area contributed by atoms with Crippen molar-refractivity contribution in [1.29, 1.82) is 0 Å². The Hall–Kier alpha value is -3.73. The van der Waals surface area contributed by atoms with Crippen LogP contribution in [0.4, 0.5) is 0 Å². The summed E-state index contributed by atoms with van der Waals surface area (Å²) in [5, 5.41) is 14.0. The zero-order valence-corrected chi connectivity index (χ0v) is 14.6. The smallest absolute Gasteiger partial charge is 0.204 e. The second-order valence-electron chi connectivity index (χ2n) is 6.00. The van der Waals surface area contributed by atoms with Crippen LogP contribution in [0.2, 0.25) is 0 Å². The Bertz CT molecular complexity index is 1010. The van der Waals surface area contributed by atoms with Crippen molar-refractivity contribution in [3.8, 4) is 17.1 Å². The zero-order valence-electron chi connectivity index (χ0n) is 14.6. The average Bonchev–Trinajstić information content (AvgIpc) is 3.27. The number of ether oxygens (including phenoxy) is 1. The molecule has 4 rings (SSSR count). The Balaban J connectivity index is 1.47. The molecule has 1 heterocycles. The molecule has 132 valence electrons. The van der Waals surface area contributed by atoms with Crippen molar-refractivity contribution in [2.75, 3.05) is 0 Å². The first-order valence-corrected chi connectivity index (χ1v) is 8.66. The highest BCUT2D eigenvalue weighted by molar-refractivity contribution is 5.73. The fraction of sp³-hybridized carbons (Fsp3) is 0.0455. The fourth-order valence-electron chi connectivity index (χ4n) is 2.70. The molecule has 27 heavy (non-hydrogen) atoms. The van der Waals surface area contributed by atoms with Gasteiger partial charge >= 0.3 is 0 Å². The summed E-state index contributed by atoms with van der Waals surface area (Å²) < 4.78 is 6.00. The summed E-state index contributed by atoms with van der Waals surface area (Å²) in [4.78, 5) is 0. The Labute approximate surface area is 157 Å². The molecule has 0 fully saturated rings. The first-order chi connectivity index (χ1) is 13.4. The van der Waals surface area contributed by atoms with Gasteiger partial charge in [0.15, 0.2) is 0 Å². The van der Waals surface area contributed by atoms with E-state index >= 15 is 0 Å². The maximum Gasteiger partial charge on any atom is 0.204 e. The van der Waals surface area contributed by atoms with Crippen LogP contribution in [0.15, 0.2) is 78.9 Å². The van der Waals surface area contributed by atoms with Crippen molar-refractivity contribution in [2.24, 2.45) is 0 Å². The maximum atomic E-state index is 6.00. The Kier molecular flexibility index (Phi) is 5.02. The van der Waals surface area contributed by atoms with Gasteiger partial charge in [-0.15, -0.1) is 10.2 Å². The average molecular weight is 354 g/mol. The summed E-state index contributed by atoms with van der Waals surface area (Å²) in [5.41, 5.74) is 4.19. The summed E-state index contributed by atoms with van der Waals surface area (Å²) in [6, 6.07) is 26.2. The number of benzene rings is 3. The highest BCUT2D eigenvalue weighted by Gasteiger charge is 2.03. The van der Waals surface area contributed by atoms with E-state index in [1.54, 1.807) is 0 Å². The molecule has 1 N–H and O–H groups in total. The number of hydrogen-bond donors (Lipinski definition) is 1. The van der Waals surface area contributed by atoms with Crippen LogP contribution in [0.5, 0.6) is 5.75 Å². The van der Waals surface area contributed by atoms with Gasteiger partial charge in [-0.25, -0.2) is 0 Å². The number of para-hydroxylation sites is 1. The fourth-order valence-corrected chi connectivity index (χ4v) is 2.70. The summed E-state index contributed by atoms with van der Waals surface area (Å²) in [6.07, 6.45) is 4.12. The molecule has 0 aliphatic carbocycles. The van der Waals surface area contributed by atoms with E-state index in [1.807, 2.05) is 66.7 Å². The van der Waals surface area contributed by atoms with Crippen molar-refractivity contribution < 1.29 is 4.74 Å². The van der Waals surface area contributed by atoms with Gasteiger partial charge < -0.3 is 4.74 Å². The number of hydrogen-bond acceptors (Lipinski definition) is 4. The largest absolute Gasteiger partial charge is 0.488 e. The van der Waals surface area contributed by atoms with Gasteiger partial charge in [-0.1, -0.05) is 84.9 Å².